The number of esters is 1. The first-order valence-corrected chi connectivity index (χ1v) is 7.43. The van der Waals surface area contributed by atoms with Crippen molar-refractivity contribution in [2.45, 2.75) is 0 Å². The van der Waals surface area contributed by atoms with Gasteiger partial charge in [-0.25, -0.2) is 0 Å². The molecule has 2 aromatic rings. The van der Waals surface area contributed by atoms with Crippen molar-refractivity contribution in [2.24, 2.45) is 0 Å². The number of anilines is 1. The molecule has 7 nitrogen and oxygen atoms in total. The average molecular weight is 371 g/mol. The van der Waals surface area contributed by atoms with Crippen LogP contribution in [0.1, 0.15) is 10.6 Å². The van der Waals surface area contributed by atoms with Crippen molar-refractivity contribution in [3.05, 3.63) is 52.4 Å². The van der Waals surface area contributed by atoms with Gasteiger partial charge in [-0.3, -0.25) is 14.4 Å². The Kier molecular flexibility index (Phi) is 6.22. The zero-order valence-electron chi connectivity index (χ0n) is 12.2. The first-order valence-electron chi connectivity index (χ1n) is 6.68. The van der Waals surface area contributed by atoms with Gasteiger partial charge in [-0.05, 0) is 30.3 Å². The summed E-state index contributed by atoms with van der Waals surface area (Å²) in [6, 6.07) is 7.55. The highest BCUT2D eigenvalue weighted by Gasteiger charge is 2.13. The van der Waals surface area contributed by atoms with Gasteiger partial charge in [0.2, 0.25) is 0 Å². The fraction of sp³-hybridized carbons (Fsp3) is 0.133. The SMILES string of the molecule is O=C(COC(=O)CNC(=O)c1ccco1)Nc1cc(Cl)ccc1Cl. The van der Waals surface area contributed by atoms with E-state index in [1.807, 2.05) is 0 Å². The van der Waals surface area contributed by atoms with Crippen LogP contribution in [-0.4, -0.2) is 30.9 Å². The molecule has 1 aromatic carbocycles. The van der Waals surface area contributed by atoms with Crippen LogP contribution in [0.15, 0.2) is 41.0 Å². The van der Waals surface area contributed by atoms with Crippen molar-refractivity contribution in [1.82, 2.24) is 5.32 Å². The van der Waals surface area contributed by atoms with Crippen LogP contribution in [0.3, 0.4) is 0 Å². The van der Waals surface area contributed by atoms with Gasteiger partial charge in [0.1, 0.15) is 6.54 Å². The Morgan fingerprint density at radius 3 is 2.67 bits per heavy atom. The van der Waals surface area contributed by atoms with Crippen LogP contribution in [0, 0.1) is 0 Å². The van der Waals surface area contributed by atoms with Gasteiger partial charge in [0, 0.05) is 5.02 Å². The molecule has 126 valence electrons. The van der Waals surface area contributed by atoms with E-state index in [0.717, 1.165) is 0 Å². The van der Waals surface area contributed by atoms with Crippen molar-refractivity contribution in [3.8, 4) is 0 Å². The van der Waals surface area contributed by atoms with E-state index in [9.17, 15) is 14.4 Å². The van der Waals surface area contributed by atoms with E-state index in [1.54, 1.807) is 12.1 Å². The van der Waals surface area contributed by atoms with Crippen LogP contribution >= 0.6 is 23.2 Å². The van der Waals surface area contributed by atoms with Crippen LogP contribution in [0.4, 0.5) is 5.69 Å². The summed E-state index contributed by atoms with van der Waals surface area (Å²) in [6.07, 6.45) is 1.33. The van der Waals surface area contributed by atoms with E-state index in [-0.39, 0.29) is 5.76 Å². The van der Waals surface area contributed by atoms with Crippen LogP contribution in [0.25, 0.3) is 0 Å². The molecule has 24 heavy (non-hydrogen) atoms. The minimum Gasteiger partial charge on any atom is -0.459 e. The number of halogens is 2. The smallest absolute Gasteiger partial charge is 0.325 e. The fourth-order valence-electron chi connectivity index (χ4n) is 1.62. The number of hydrogen-bond acceptors (Lipinski definition) is 5. The van der Waals surface area contributed by atoms with Crippen LogP contribution < -0.4 is 10.6 Å². The van der Waals surface area contributed by atoms with Crippen LogP contribution in [0.5, 0.6) is 0 Å². The Bertz CT molecular complexity index is 746. The van der Waals surface area contributed by atoms with Crippen molar-refractivity contribution in [2.75, 3.05) is 18.5 Å². The van der Waals surface area contributed by atoms with Gasteiger partial charge >= 0.3 is 5.97 Å². The first kappa shape index (κ1) is 17.8. The van der Waals surface area contributed by atoms with Gasteiger partial charge in [0.05, 0.1) is 17.0 Å². The maximum atomic E-state index is 11.7. The maximum absolute atomic E-state index is 11.7. The molecule has 0 spiro atoms. The highest BCUT2D eigenvalue weighted by molar-refractivity contribution is 6.35. The molecule has 9 heteroatoms. The minimum absolute atomic E-state index is 0.0659. The highest BCUT2D eigenvalue weighted by atomic mass is 35.5. The number of carbonyl (C=O) groups is 3. The molecule has 0 saturated heterocycles. The first-order chi connectivity index (χ1) is 11.5. The summed E-state index contributed by atoms with van der Waals surface area (Å²) in [7, 11) is 0. The molecule has 2 N–H and O–H groups in total. The molecule has 0 aliphatic rings. The molecule has 0 radical (unpaired) electrons. The van der Waals surface area contributed by atoms with Crippen LogP contribution in [-0.2, 0) is 14.3 Å². The van der Waals surface area contributed by atoms with E-state index in [2.05, 4.69) is 10.6 Å². The third-order valence-corrected chi connectivity index (χ3v) is 3.27. The number of rotatable bonds is 6. The van der Waals surface area contributed by atoms with Gasteiger partial charge < -0.3 is 19.8 Å². The largest absolute Gasteiger partial charge is 0.459 e. The number of ether oxygens (including phenoxy) is 1. The second kappa shape index (κ2) is 8.37. The van der Waals surface area contributed by atoms with E-state index in [4.69, 9.17) is 32.4 Å². The number of nitrogens with one attached hydrogen (secondary N) is 2. The lowest BCUT2D eigenvalue weighted by Crippen LogP contribution is -2.32. The Morgan fingerprint density at radius 1 is 1.17 bits per heavy atom. The summed E-state index contributed by atoms with van der Waals surface area (Å²) < 4.78 is 9.60. The molecule has 0 fully saturated rings. The van der Waals surface area contributed by atoms with E-state index >= 15 is 0 Å². The number of furan rings is 1. The average Bonchev–Trinajstić information content (AvgIpc) is 3.08. The lowest BCUT2D eigenvalue weighted by Gasteiger charge is -2.08. The normalized spacial score (nSPS) is 10.1. The Labute approximate surface area is 146 Å². The number of carbonyl (C=O) groups excluding carboxylic acids is 3. The highest BCUT2D eigenvalue weighted by Crippen LogP contribution is 2.25. The predicted molar refractivity (Wildman–Crippen MR) is 87.1 cm³/mol. The molecule has 2 rings (SSSR count). The third-order valence-electron chi connectivity index (χ3n) is 2.70. The Morgan fingerprint density at radius 2 is 1.96 bits per heavy atom. The molecule has 0 bridgehead atoms. The maximum Gasteiger partial charge on any atom is 0.325 e. The van der Waals surface area contributed by atoms with Crippen molar-refractivity contribution in [3.63, 3.8) is 0 Å². The molecule has 0 atom stereocenters. The molecule has 0 unspecified atom stereocenters. The Hall–Kier alpha value is -2.51. The van der Waals surface area contributed by atoms with Crippen molar-refractivity contribution < 1.29 is 23.5 Å². The topological polar surface area (TPSA) is 97.6 Å². The van der Waals surface area contributed by atoms with Gasteiger partial charge in [-0.1, -0.05) is 23.2 Å². The third kappa shape index (κ3) is 5.29. The molecule has 0 aliphatic heterocycles. The quantitative estimate of drug-likeness (QED) is 0.761. The molecule has 1 heterocycles. The summed E-state index contributed by atoms with van der Waals surface area (Å²) in [6.45, 7) is -0.928. The molecular weight excluding hydrogens is 359 g/mol. The van der Waals surface area contributed by atoms with Gasteiger partial charge in [-0.15, -0.1) is 0 Å². The second-order valence-corrected chi connectivity index (χ2v) is 5.34. The lowest BCUT2D eigenvalue weighted by molar-refractivity contribution is -0.146. The zero-order chi connectivity index (χ0) is 17.5. The molecule has 2 amide bonds. The summed E-state index contributed by atoms with van der Waals surface area (Å²) in [4.78, 5) is 34.8. The summed E-state index contributed by atoms with van der Waals surface area (Å²) >= 11 is 11.7. The summed E-state index contributed by atoms with van der Waals surface area (Å²) in [5.41, 5.74) is 0.302. The summed E-state index contributed by atoms with van der Waals surface area (Å²) in [5.74, 6) is -1.87. The van der Waals surface area contributed by atoms with Gasteiger partial charge in [0.15, 0.2) is 12.4 Å². The van der Waals surface area contributed by atoms with E-state index in [1.165, 1.54) is 24.5 Å². The number of hydrogen-bond donors (Lipinski definition) is 2. The molecular formula is C15H12Cl2N2O5. The zero-order valence-corrected chi connectivity index (χ0v) is 13.7. The lowest BCUT2D eigenvalue weighted by atomic mass is 10.3. The molecule has 0 saturated carbocycles. The minimum atomic E-state index is -0.776. The second-order valence-electron chi connectivity index (χ2n) is 4.49. The number of amides is 2. The van der Waals surface area contributed by atoms with E-state index < -0.39 is 30.9 Å². The monoisotopic (exact) mass is 370 g/mol. The van der Waals surface area contributed by atoms with Crippen molar-refractivity contribution >= 4 is 46.7 Å². The molecule has 0 aliphatic carbocycles. The fourth-order valence-corrected chi connectivity index (χ4v) is 1.96. The standard InChI is InChI=1S/C15H12Cl2N2O5/c16-9-3-4-10(17)11(6-9)19-13(20)8-24-14(21)7-18-15(22)12-2-1-5-23-12/h1-6H,7-8H2,(H,18,22)(H,19,20). The molecule has 1 aromatic heterocycles. The van der Waals surface area contributed by atoms with Gasteiger partial charge in [-0.2, -0.15) is 0 Å². The number of benzene rings is 1. The van der Waals surface area contributed by atoms with Crippen molar-refractivity contribution in [1.29, 1.82) is 0 Å². The van der Waals surface area contributed by atoms with Crippen LogP contribution in [0.2, 0.25) is 10.0 Å². The Balaban J connectivity index is 1.74. The van der Waals surface area contributed by atoms with Gasteiger partial charge in [0.25, 0.3) is 11.8 Å². The summed E-state index contributed by atoms with van der Waals surface area (Å²) in [5, 5.41) is 5.45. The van der Waals surface area contributed by atoms with E-state index in [0.29, 0.717) is 15.7 Å². The predicted octanol–water partition coefficient (Wildman–Crippen LogP) is 2.50.